The van der Waals surface area contributed by atoms with Crippen molar-refractivity contribution in [1.82, 2.24) is 14.4 Å². The molecule has 1 aromatic carbocycles. The van der Waals surface area contributed by atoms with Gasteiger partial charge in [0.1, 0.15) is 0 Å². The van der Waals surface area contributed by atoms with E-state index in [0.717, 1.165) is 63.1 Å². The first-order valence-corrected chi connectivity index (χ1v) is 9.79. The Balaban J connectivity index is 1.36. The van der Waals surface area contributed by atoms with Gasteiger partial charge in [0.2, 0.25) is 0 Å². The predicted octanol–water partition coefficient (Wildman–Crippen LogP) is 3.62. The van der Waals surface area contributed by atoms with Gasteiger partial charge in [0.25, 0.3) is 4.84 Å². The molecule has 2 fully saturated rings. The fourth-order valence-electron chi connectivity index (χ4n) is 3.83. The third kappa shape index (κ3) is 4.09. The lowest BCUT2D eigenvalue weighted by molar-refractivity contribution is 0.0231. The summed E-state index contributed by atoms with van der Waals surface area (Å²) in [5.41, 5.74) is 1.78. The molecule has 136 valence electrons. The summed E-state index contributed by atoms with van der Waals surface area (Å²) in [5.74, 6) is 0.790. The molecule has 0 atom stereocenters. The Bertz CT molecular complexity index is 776. The number of oxazole rings is 1. The van der Waals surface area contributed by atoms with Crippen molar-refractivity contribution in [2.45, 2.75) is 19.5 Å². The van der Waals surface area contributed by atoms with E-state index in [0.29, 0.717) is 9.86 Å². The first kappa shape index (κ1) is 17.5. The van der Waals surface area contributed by atoms with Gasteiger partial charge >= 0.3 is 0 Å². The summed E-state index contributed by atoms with van der Waals surface area (Å²) in [4.78, 5) is 5.53. The van der Waals surface area contributed by atoms with E-state index in [2.05, 4.69) is 14.4 Å². The molecule has 0 N–H and O–H groups in total. The number of hydrogen-bond donors (Lipinski definition) is 0. The Hall–Kier alpha value is -0.920. The quantitative estimate of drug-likeness (QED) is 0.755. The minimum Gasteiger partial charge on any atom is -0.429 e. The molecule has 2 aliphatic heterocycles. The topological polar surface area (TPSA) is 33.8 Å². The second-order valence-corrected chi connectivity index (χ2v) is 7.81. The van der Waals surface area contributed by atoms with Crippen molar-refractivity contribution in [3.63, 3.8) is 0 Å². The summed E-state index contributed by atoms with van der Waals surface area (Å²) < 4.78 is 13.2. The number of ether oxygens (including phenoxy) is 1. The summed E-state index contributed by atoms with van der Waals surface area (Å²) >= 11 is 11.5. The van der Waals surface area contributed by atoms with Crippen LogP contribution in [0.3, 0.4) is 0 Å². The molecule has 0 bridgehead atoms. The number of rotatable bonds is 4. The minimum atomic E-state index is 0.521. The zero-order chi connectivity index (χ0) is 17.2. The first-order chi connectivity index (χ1) is 12.2. The number of aromatic nitrogens is 1. The maximum atomic E-state index is 6.14. The highest BCUT2D eigenvalue weighted by Crippen LogP contribution is 2.24. The molecule has 0 amide bonds. The van der Waals surface area contributed by atoms with Gasteiger partial charge in [-0.25, -0.2) is 0 Å². The van der Waals surface area contributed by atoms with E-state index in [1.807, 2.05) is 18.2 Å². The number of morpholine rings is 1. The van der Waals surface area contributed by atoms with E-state index in [1.54, 1.807) is 0 Å². The summed E-state index contributed by atoms with van der Waals surface area (Å²) in [7, 11) is 0. The van der Waals surface area contributed by atoms with Crippen molar-refractivity contribution in [2.75, 3.05) is 45.9 Å². The van der Waals surface area contributed by atoms with E-state index < -0.39 is 0 Å². The van der Waals surface area contributed by atoms with Gasteiger partial charge in [0, 0.05) is 37.7 Å². The third-order valence-electron chi connectivity index (χ3n) is 5.30. The van der Waals surface area contributed by atoms with E-state index in [1.165, 1.54) is 19.4 Å². The molecule has 2 aliphatic rings. The Morgan fingerprint density at radius 2 is 1.84 bits per heavy atom. The molecule has 0 saturated carbocycles. The molecule has 2 aromatic rings. The summed E-state index contributed by atoms with van der Waals surface area (Å²) in [6.07, 6.45) is 2.47. The van der Waals surface area contributed by atoms with E-state index in [4.69, 9.17) is 33.0 Å². The number of halogens is 1. The summed E-state index contributed by atoms with van der Waals surface area (Å²) in [6.45, 7) is 8.11. The molecule has 5 nitrogen and oxygen atoms in total. The van der Waals surface area contributed by atoms with Crippen LogP contribution in [-0.2, 0) is 11.4 Å². The largest absolute Gasteiger partial charge is 0.429 e. The van der Waals surface area contributed by atoms with Crippen molar-refractivity contribution in [1.29, 1.82) is 0 Å². The van der Waals surface area contributed by atoms with Gasteiger partial charge in [-0.05, 0) is 49.2 Å². The highest BCUT2D eigenvalue weighted by Gasteiger charge is 2.23. The van der Waals surface area contributed by atoms with Crippen LogP contribution in [0.25, 0.3) is 11.1 Å². The van der Waals surface area contributed by atoms with Gasteiger partial charge in [0.05, 0.1) is 25.4 Å². The Morgan fingerprint density at radius 3 is 2.60 bits per heavy atom. The van der Waals surface area contributed by atoms with Crippen LogP contribution in [-0.4, -0.2) is 60.3 Å². The average Bonchev–Trinajstić information content (AvgIpc) is 2.93. The van der Waals surface area contributed by atoms with Gasteiger partial charge in [0.15, 0.2) is 5.58 Å². The monoisotopic (exact) mass is 381 g/mol. The Kier molecular flexibility index (Phi) is 5.43. The summed E-state index contributed by atoms with van der Waals surface area (Å²) in [6, 6.07) is 5.66. The zero-order valence-corrected chi connectivity index (χ0v) is 15.9. The molecule has 2 saturated heterocycles. The number of fused-ring (bicyclic) bond motifs is 1. The highest BCUT2D eigenvalue weighted by molar-refractivity contribution is 7.71. The fourth-order valence-corrected chi connectivity index (χ4v) is 4.24. The number of likely N-dealkylation sites (tertiary alicyclic amines) is 1. The van der Waals surface area contributed by atoms with Crippen LogP contribution in [0.4, 0.5) is 0 Å². The predicted molar refractivity (Wildman–Crippen MR) is 102 cm³/mol. The van der Waals surface area contributed by atoms with E-state index in [-0.39, 0.29) is 0 Å². The van der Waals surface area contributed by atoms with Crippen molar-refractivity contribution >= 4 is 34.9 Å². The molecular formula is C18H24ClN3O2S. The lowest BCUT2D eigenvalue weighted by Crippen LogP contribution is -2.43. The highest BCUT2D eigenvalue weighted by atomic mass is 35.5. The van der Waals surface area contributed by atoms with Gasteiger partial charge in [-0.15, -0.1) is 0 Å². The van der Waals surface area contributed by atoms with Crippen LogP contribution in [0.1, 0.15) is 12.8 Å². The molecule has 3 heterocycles. The van der Waals surface area contributed by atoms with Gasteiger partial charge in [-0.3, -0.25) is 14.4 Å². The molecule has 4 rings (SSSR count). The molecule has 7 heteroatoms. The first-order valence-electron chi connectivity index (χ1n) is 9.00. The van der Waals surface area contributed by atoms with Crippen molar-refractivity contribution < 1.29 is 9.15 Å². The van der Waals surface area contributed by atoms with Crippen LogP contribution >= 0.6 is 23.8 Å². The van der Waals surface area contributed by atoms with Crippen LogP contribution in [0.15, 0.2) is 22.6 Å². The van der Waals surface area contributed by atoms with Crippen LogP contribution < -0.4 is 0 Å². The second kappa shape index (κ2) is 7.76. The van der Waals surface area contributed by atoms with Crippen molar-refractivity contribution in [2.24, 2.45) is 5.92 Å². The molecule has 0 radical (unpaired) electrons. The van der Waals surface area contributed by atoms with Crippen LogP contribution in [0.5, 0.6) is 0 Å². The average molecular weight is 382 g/mol. The standard InChI is InChI=1S/C18H24ClN3O2S/c19-15-1-2-17-16(11-15)22(18(25)24-17)13-21-5-3-14(4-6-21)12-20-7-9-23-10-8-20/h1-2,11,14H,3-10,12-13H2. The molecule has 0 unspecified atom stereocenters. The molecule has 25 heavy (non-hydrogen) atoms. The zero-order valence-electron chi connectivity index (χ0n) is 14.3. The lowest BCUT2D eigenvalue weighted by atomic mass is 9.96. The smallest absolute Gasteiger partial charge is 0.270 e. The van der Waals surface area contributed by atoms with Crippen LogP contribution in [0, 0.1) is 10.8 Å². The van der Waals surface area contributed by atoms with E-state index >= 15 is 0 Å². The molecule has 1 aromatic heterocycles. The molecular weight excluding hydrogens is 358 g/mol. The molecule has 0 aliphatic carbocycles. The van der Waals surface area contributed by atoms with Crippen LogP contribution in [0.2, 0.25) is 5.02 Å². The third-order valence-corrected chi connectivity index (χ3v) is 5.84. The normalized spacial score (nSPS) is 21.2. The minimum absolute atomic E-state index is 0.521. The number of hydrogen-bond acceptors (Lipinski definition) is 5. The number of benzene rings is 1. The van der Waals surface area contributed by atoms with E-state index in [9.17, 15) is 0 Å². The second-order valence-electron chi connectivity index (χ2n) is 7.02. The van der Waals surface area contributed by atoms with Crippen molar-refractivity contribution in [3.8, 4) is 0 Å². The van der Waals surface area contributed by atoms with Gasteiger partial charge in [-0.2, -0.15) is 0 Å². The van der Waals surface area contributed by atoms with Gasteiger partial charge < -0.3 is 9.15 Å². The summed E-state index contributed by atoms with van der Waals surface area (Å²) in [5, 5.41) is 0.710. The Labute approximate surface area is 158 Å². The Morgan fingerprint density at radius 1 is 1.08 bits per heavy atom. The lowest BCUT2D eigenvalue weighted by Gasteiger charge is -2.36. The maximum absolute atomic E-state index is 6.14. The number of nitrogens with zero attached hydrogens (tertiary/aromatic N) is 3. The maximum Gasteiger partial charge on any atom is 0.270 e. The molecule has 0 spiro atoms. The fraction of sp³-hybridized carbons (Fsp3) is 0.611. The van der Waals surface area contributed by atoms with Gasteiger partial charge in [-0.1, -0.05) is 11.6 Å². The van der Waals surface area contributed by atoms with Crippen molar-refractivity contribution in [3.05, 3.63) is 28.1 Å². The SMILES string of the molecule is S=c1oc2ccc(Cl)cc2n1CN1CCC(CN2CCOCC2)CC1. The number of piperidine rings is 1.